The summed E-state index contributed by atoms with van der Waals surface area (Å²) in [5, 5.41) is 0. The average molecular weight is 296 g/mol. The zero-order valence-corrected chi connectivity index (χ0v) is 13.1. The highest BCUT2D eigenvalue weighted by atomic mass is 16.5. The first-order chi connectivity index (χ1) is 10.4. The molecule has 4 nitrogen and oxygen atoms in total. The lowest BCUT2D eigenvalue weighted by Gasteiger charge is -2.23. The van der Waals surface area contributed by atoms with Crippen molar-refractivity contribution in [3.05, 3.63) is 24.0 Å². The molecule has 120 valence electrons. The fourth-order valence-corrected chi connectivity index (χ4v) is 2.55. The monoisotopic (exact) mass is 296 g/mol. The van der Waals surface area contributed by atoms with Gasteiger partial charge in [-0.25, -0.2) is 0 Å². The molecule has 1 aliphatic carbocycles. The van der Waals surface area contributed by atoms with Gasteiger partial charge in [0.2, 0.25) is 0 Å². The van der Waals surface area contributed by atoms with Crippen LogP contribution in [0.3, 0.4) is 0 Å². The fraction of sp³-hybridized carbons (Fsp3) is 0.765. The van der Waals surface area contributed by atoms with Crippen LogP contribution in [0.4, 0.5) is 0 Å². The van der Waals surface area contributed by atoms with Gasteiger partial charge in [0.1, 0.15) is 24.0 Å². The Morgan fingerprint density at radius 1 is 0.810 bits per heavy atom. The van der Waals surface area contributed by atoms with E-state index in [2.05, 4.69) is 6.92 Å². The van der Waals surface area contributed by atoms with Gasteiger partial charge in [0.05, 0.1) is 25.9 Å². The van der Waals surface area contributed by atoms with Crippen LogP contribution in [-0.2, 0) is 18.9 Å². The highest BCUT2D eigenvalue weighted by molar-refractivity contribution is 5.05. The van der Waals surface area contributed by atoms with Crippen molar-refractivity contribution in [1.82, 2.24) is 0 Å². The van der Waals surface area contributed by atoms with Gasteiger partial charge >= 0.3 is 0 Å². The molecule has 2 aliphatic heterocycles. The molecule has 2 heterocycles. The second-order valence-electron chi connectivity index (χ2n) is 5.69. The van der Waals surface area contributed by atoms with Crippen LogP contribution in [0.25, 0.3) is 0 Å². The molecular formula is C17H28O4. The molecule has 0 bridgehead atoms. The maximum atomic E-state index is 5.64. The number of rotatable bonds is 0. The predicted molar refractivity (Wildman–Crippen MR) is 81.5 cm³/mol. The summed E-state index contributed by atoms with van der Waals surface area (Å²) in [6, 6.07) is 0. The molecule has 21 heavy (non-hydrogen) atoms. The lowest BCUT2D eigenvalue weighted by atomic mass is 10.0. The molecule has 0 radical (unpaired) electrons. The minimum absolute atomic E-state index is 0.352. The molecule has 4 heteroatoms. The summed E-state index contributed by atoms with van der Waals surface area (Å²) in [7, 11) is 0. The zero-order chi connectivity index (χ0) is 14.8. The van der Waals surface area contributed by atoms with E-state index in [9.17, 15) is 0 Å². The van der Waals surface area contributed by atoms with Crippen LogP contribution in [-0.4, -0.2) is 25.9 Å². The smallest absolute Gasteiger partial charge is 0.133 e. The number of ether oxygens (including phenoxy) is 4. The van der Waals surface area contributed by atoms with E-state index in [0.29, 0.717) is 6.10 Å². The van der Waals surface area contributed by atoms with E-state index in [0.717, 1.165) is 69.9 Å². The van der Waals surface area contributed by atoms with Crippen LogP contribution in [0.1, 0.15) is 58.3 Å². The van der Waals surface area contributed by atoms with Crippen molar-refractivity contribution >= 4 is 0 Å². The van der Waals surface area contributed by atoms with Crippen molar-refractivity contribution in [2.45, 2.75) is 64.4 Å². The van der Waals surface area contributed by atoms with E-state index in [1.54, 1.807) is 12.5 Å². The Hall–Kier alpha value is -1.32. The highest BCUT2D eigenvalue weighted by Crippen LogP contribution is 2.27. The first-order valence-corrected chi connectivity index (χ1v) is 8.26. The number of allylic oxidation sites excluding steroid dienone is 2. The molecule has 0 aromatic heterocycles. The highest BCUT2D eigenvalue weighted by Gasteiger charge is 2.16. The Bertz CT molecular complexity index is 329. The molecule has 0 spiro atoms. The topological polar surface area (TPSA) is 36.9 Å². The standard InChI is InChI=1S/C10H16O2.C7H12O2/c1-2-6-10-9(5-1)11-7-3-4-8-12-10;1-7-3-2-4-8-5-6-9-7/h1-8H2;5-7H,2-4H2,1H3/b;6-5-. The molecule has 0 aromatic rings. The quantitative estimate of drug-likeness (QED) is 0.669. The van der Waals surface area contributed by atoms with Gasteiger partial charge in [-0.2, -0.15) is 0 Å². The Morgan fingerprint density at radius 2 is 1.48 bits per heavy atom. The van der Waals surface area contributed by atoms with Crippen LogP contribution in [0.15, 0.2) is 24.0 Å². The molecule has 0 fully saturated rings. The first kappa shape index (κ1) is 16.1. The van der Waals surface area contributed by atoms with Crippen LogP contribution < -0.4 is 0 Å². The zero-order valence-electron chi connectivity index (χ0n) is 13.1. The summed E-state index contributed by atoms with van der Waals surface area (Å²) in [4.78, 5) is 0. The molecule has 1 atom stereocenters. The molecule has 3 aliphatic rings. The van der Waals surface area contributed by atoms with Gasteiger partial charge in [0.15, 0.2) is 0 Å². The van der Waals surface area contributed by atoms with Gasteiger partial charge in [-0.05, 0) is 45.4 Å². The third-order valence-corrected chi connectivity index (χ3v) is 3.80. The minimum Gasteiger partial charge on any atom is -0.498 e. The van der Waals surface area contributed by atoms with Crippen LogP contribution >= 0.6 is 0 Å². The summed E-state index contributed by atoms with van der Waals surface area (Å²) < 4.78 is 21.5. The van der Waals surface area contributed by atoms with Crippen molar-refractivity contribution in [2.75, 3.05) is 19.8 Å². The Morgan fingerprint density at radius 3 is 2.14 bits per heavy atom. The third-order valence-electron chi connectivity index (χ3n) is 3.80. The van der Waals surface area contributed by atoms with E-state index < -0.39 is 0 Å². The molecule has 0 aromatic carbocycles. The maximum absolute atomic E-state index is 5.64. The van der Waals surface area contributed by atoms with Gasteiger partial charge in [0.25, 0.3) is 0 Å². The van der Waals surface area contributed by atoms with Crippen molar-refractivity contribution in [3.63, 3.8) is 0 Å². The predicted octanol–water partition coefficient (Wildman–Crippen LogP) is 4.27. The van der Waals surface area contributed by atoms with Gasteiger partial charge in [0, 0.05) is 12.8 Å². The SMILES string of the molecule is C1CCOC2=C(CCCC2)OC1.CC1CCCO/C=C\O1. The van der Waals surface area contributed by atoms with E-state index in [-0.39, 0.29) is 0 Å². The van der Waals surface area contributed by atoms with Crippen molar-refractivity contribution in [3.8, 4) is 0 Å². The largest absolute Gasteiger partial charge is 0.498 e. The number of hydrogen-bond acceptors (Lipinski definition) is 4. The van der Waals surface area contributed by atoms with E-state index >= 15 is 0 Å². The molecule has 0 saturated carbocycles. The average Bonchev–Trinajstić information content (AvgIpc) is 2.44. The molecule has 3 rings (SSSR count). The van der Waals surface area contributed by atoms with Crippen molar-refractivity contribution in [1.29, 1.82) is 0 Å². The Kier molecular flexibility index (Phi) is 7.33. The van der Waals surface area contributed by atoms with E-state index in [1.807, 2.05) is 0 Å². The second kappa shape index (κ2) is 9.59. The summed E-state index contributed by atoms with van der Waals surface area (Å²) >= 11 is 0. The lowest BCUT2D eigenvalue weighted by molar-refractivity contribution is 0.0989. The number of hydrogen-bond donors (Lipinski definition) is 0. The first-order valence-electron chi connectivity index (χ1n) is 8.26. The Labute approximate surface area is 128 Å². The van der Waals surface area contributed by atoms with E-state index in [1.165, 1.54) is 12.8 Å². The molecule has 0 amide bonds. The van der Waals surface area contributed by atoms with Crippen LogP contribution in [0, 0.1) is 0 Å². The van der Waals surface area contributed by atoms with Gasteiger partial charge in [-0.3, -0.25) is 0 Å². The summed E-state index contributed by atoms with van der Waals surface area (Å²) in [6.45, 7) is 4.67. The third kappa shape index (κ3) is 6.32. The minimum atomic E-state index is 0.352. The normalized spacial score (nSPS) is 27.4. The lowest BCUT2D eigenvalue weighted by Crippen LogP contribution is -2.11. The van der Waals surface area contributed by atoms with Crippen molar-refractivity contribution < 1.29 is 18.9 Å². The Balaban J connectivity index is 0.000000161. The molecule has 1 unspecified atom stereocenters. The molecule has 0 N–H and O–H groups in total. The fourth-order valence-electron chi connectivity index (χ4n) is 2.55. The van der Waals surface area contributed by atoms with Gasteiger partial charge in [-0.1, -0.05) is 0 Å². The summed E-state index contributed by atoms with van der Waals surface area (Å²) in [6.07, 6.45) is 12.7. The summed E-state index contributed by atoms with van der Waals surface area (Å²) in [5.74, 6) is 2.28. The van der Waals surface area contributed by atoms with Gasteiger partial charge < -0.3 is 18.9 Å². The summed E-state index contributed by atoms with van der Waals surface area (Å²) in [5.41, 5.74) is 0. The van der Waals surface area contributed by atoms with Crippen LogP contribution in [0.5, 0.6) is 0 Å². The van der Waals surface area contributed by atoms with Crippen LogP contribution in [0.2, 0.25) is 0 Å². The molecular weight excluding hydrogens is 268 g/mol. The maximum Gasteiger partial charge on any atom is 0.133 e. The molecule has 0 saturated heterocycles. The van der Waals surface area contributed by atoms with E-state index in [4.69, 9.17) is 18.9 Å². The van der Waals surface area contributed by atoms with Crippen molar-refractivity contribution in [2.24, 2.45) is 0 Å². The van der Waals surface area contributed by atoms with Gasteiger partial charge in [-0.15, -0.1) is 0 Å². The second-order valence-corrected chi connectivity index (χ2v) is 5.69.